The highest BCUT2D eigenvalue weighted by molar-refractivity contribution is 5.98. The number of carbonyl (C=O) groups is 3. The van der Waals surface area contributed by atoms with E-state index in [0.29, 0.717) is 29.9 Å². The van der Waals surface area contributed by atoms with Crippen LogP contribution in [0.1, 0.15) is 68.2 Å². The van der Waals surface area contributed by atoms with E-state index in [1.54, 1.807) is 32.0 Å². The van der Waals surface area contributed by atoms with Gasteiger partial charge in [-0.3, -0.25) is 9.59 Å². The third kappa shape index (κ3) is 6.37. The second-order valence-electron chi connectivity index (χ2n) is 9.08. The van der Waals surface area contributed by atoms with Crippen LogP contribution < -0.4 is 15.6 Å². The molecule has 1 rings (SSSR count). The predicted octanol–water partition coefficient (Wildman–Crippen LogP) is 4.10. The summed E-state index contributed by atoms with van der Waals surface area (Å²) in [4.78, 5) is 37.5. The minimum atomic E-state index is -0.565. The van der Waals surface area contributed by atoms with Crippen LogP contribution in [0.4, 0.5) is 17.1 Å². The van der Waals surface area contributed by atoms with Crippen molar-refractivity contribution in [3.05, 3.63) is 24.0 Å². The van der Waals surface area contributed by atoms with Crippen molar-refractivity contribution >= 4 is 34.8 Å². The number of carbonyl (C=O) groups excluding carboxylic acids is 3. The Morgan fingerprint density at radius 3 is 1.59 bits per heavy atom. The second kappa shape index (κ2) is 9.50. The number of rotatable bonds is 8. The van der Waals surface area contributed by atoms with E-state index in [0.717, 1.165) is 0 Å². The molecule has 0 aliphatic carbocycles. The van der Waals surface area contributed by atoms with Crippen molar-refractivity contribution in [2.45, 2.75) is 68.2 Å². The van der Waals surface area contributed by atoms with Crippen molar-refractivity contribution < 1.29 is 19.4 Å². The van der Waals surface area contributed by atoms with Crippen molar-refractivity contribution in [1.29, 1.82) is 0 Å². The van der Waals surface area contributed by atoms with Gasteiger partial charge in [-0.1, -0.05) is 41.5 Å². The van der Waals surface area contributed by atoms with E-state index in [1.165, 1.54) is 0 Å². The number of nitrogens with one attached hydrogen (secondary N) is 4. The van der Waals surface area contributed by atoms with Gasteiger partial charge in [-0.2, -0.15) is 0 Å². The molecule has 0 spiro atoms. The van der Waals surface area contributed by atoms with Gasteiger partial charge in [0.1, 0.15) is 5.69 Å². The molecule has 29 heavy (non-hydrogen) atoms. The number of hydrogen-bond donors (Lipinski definition) is 3. The zero-order chi connectivity index (χ0) is 22.6. The fraction of sp³-hybridized carbons (Fsp3) is 0.591. The highest BCUT2D eigenvalue weighted by atomic mass is 16.2. The Bertz CT molecular complexity index is 721. The molecule has 1 aromatic rings. The maximum atomic E-state index is 12.6. The van der Waals surface area contributed by atoms with Gasteiger partial charge in [0, 0.05) is 34.3 Å². The van der Waals surface area contributed by atoms with Crippen LogP contribution in [0.25, 0.3) is 5.84 Å². The van der Waals surface area contributed by atoms with Crippen LogP contribution in [0.5, 0.6) is 0 Å². The molecule has 0 aromatic heterocycles. The minimum absolute atomic E-state index is 0.142. The lowest BCUT2D eigenvalue weighted by atomic mass is 9.89. The molecule has 7 nitrogen and oxygen atoms in total. The quantitative estimate of drug-likeness (QED) is 0.568. The third-order valence-corrected chi connectivity index (χ3v) is 5.51. The van der Waals surface area contributed by atoms with E-state index in [-0.39, 0.29) is 28.6 Å². The van der Waals surface area contributed by atoms with Gasteiger partial charge in [-0.15, -0.1) is 0 Å². The maximum Gasteiger partial charge on any atom is 0.310 e. The van der Waals surface area contributed by atoms with Crippen LogP contribution in [-0.4, -0.2) is 17.7 Å². The molecule has 4 N–H and O–H groups in total. The van der Waals surface area contributed by atoms with E-state index >= 15 is 0 Å². The molecule has 3 amide bonds. The van der Waals surface area contributed by atoms with Gasteiger partial charge in [0.05, 0.1) is 5.92 Å². The molecule has 7 heteroatoms. The van der Waals surface area contributed by atoms with E-state index in [9.17, 15) is 14.4 Å². The minimum Gasteiger partial charge on any atom is -0.456 e. The lowest BCUT2D eigenvalue weighted by Crippen LogP contribution is -3.04. The second-order valence-corrected chi connectivity index (χ2v) is 9.08. The maximum absolute atomic E-state index is 12.6. The van der Waals surface area contributed by atoms with Gasteiger partial charge in [-0.25, -0.2) is 4.79 Å². The van der Waals surface area contributed by atoms with Gasteiger partial charge >= 0.3 is 5.91 Å². The van der Waals surface area contributed by atoms with Gasteiger partial charge < -0.3 is 21.5 Å². The number of benzene rings is 1. The Balaban J connectivity index is 3.34. The van der Waals surface area contributed by atoms with E-state index in [4.69, 9.17) is 5.84 Å². The lowest BCUT2D eigenvalue weighted by molar-refractivity contribution is -0.691. The summed E-state index contributed by atoms with van der Waals surface area (Å²) in [6.45, 7) is 14.7. The lowest BCUT2D eigenvalue weighted by Gasteiger charge is -2.25. The number of amides is 3. The van der Waals surface area contributed by atoms with Crippen molar-refractivity contribution in [2.24, 2.45) is 16.7 Å². The highest BCUT2D eigenvalue weighted by Gasteiger charge is 2.28. The number of quaternary nitrogens is 1. The molecular formula is C22H36N4O3. The Kier molecular flexibility index (Phi) is 8.12. The van der Waals surface area contributed by atoms with Crippen LogP contribution in [0.2, 0.25) is 0 Å². The standard InChI is InChI=1S/C22H36N4O3/c1-9-21(5,6)19(28)24-15-11-16(25-20(29)22(7,8)10-2)13-17(12-15)26(23)18(27)14(3)4/h11-14,23,26H,9-10H2,1-8H3,(H,24,28)(H,25,29). The number of hydrogen-bond acceptors (Lipinski definition) is 3. The van der Waals surface area contributed by atoms with E-state index in [1.807, 2.05) is 41.5 Å². The summed E-state index contributed by atoms with van der Waals surface area (Å²) < 4.78 is 0. The Morgan fingerprint density at radius 1 is 0.897 bits per heavy atom. The summed E-state index contributed by atoms with van der Waals surface area (Å²) in [7, 11) is 0. The van der Waals surface area contributed by atoms with Gasteiger partial charge in [0.2, 0.25) is 11.8 Å². The summed E-state index contributed by atoms with van der Waals surface area (Å²) >= 11 is 0. The van der Waals surface area contributed by atoms with Crippen LogP contribution in [0.15, 0.2) is 18.2 Å². The fourth-order valence-corrected chi connectivity index (χ4v) is 2.27. The Morgan fingerprint density at radius 2 is 1.28 bits per heavy atom. The number of anilines is 2. The highest BCUT2D eigenvalue weighted by Crippen LogP contribution is 2.28. The summed E-state index contributed by atoms with van der Waals surface area (Å²) in [5.74, 6) is 7.32. The van der Waals surface area contributed by atoms with Crippen molar-refractivity contribution in [2.75, 3.05) is 10.6 Å². The topological polar surface area (TPSA) is 104 Å². The SMILES string of the molecule is CCC(C)(C)C(=O)Nc1cc(NC(=O)C(C)(C)CC)cc([NH+]([NH-])C(=O)C(C)C)c1. The van der Waals surface area contributed by atoms with E-state index in [2.05, 4.69) is 10.6 Å². The first kappa shape index (κ1) is 24.8. The van der Waals surface area contributed by atoms with Crippen molar-refractivity contribution in [1.82, 2.24) is 0 Å². The first-order valence-electron chi connectivity index (χ1n) is 10.2. The monoisotopic (exact) mass is 404 g/mol. The average Bonchev–Trinajstić information content (AvgIpc) is 2.66. The molecule has 1 atom stereocenters. The molecular weight excluding hydrogens is 368 g/mol. The molecule has 1 unspecified atom stereocenters. The van der Waals surface area contributed by atoms with Crippen LogP contribution in [0, 0.1) is 16.7 Å². The van der Waals surface area contributed by atoms with Crippen molar-refractivity contribution in [3.63, 3.8) is 0 Å². The van der Waals surface area contributed by atoms with Crippen LogP contribution in [-0.2, 0) is 14.4 Å². The smallest absolute Gasteiger partial charge is 0.310 e. The molecule has 0 saturated carbocycles. The van der Waals surface area contributed by atoms with E-state index < -0.39 is 10.8 Å². The van der Waals surface area contributed by atoms with Gasteiger partial charge in [0.25, 0.3) is 0 Å². The van der Waals surface area contributed by atoms with Crippen LogP contribution >= 0.6 is 0 Å². The Labute approximate surface area is 174 Å². The van der Waals surface area contributed by atoms with Crippen molar-refractivity contribution in [3.8, 4) is 0 Å². The molecule has 0 radical (unpaired) electrons. The average molecular weight is 405 g/mol. The molecule has 0 heterocycles. The van der Waals surface area contributed by atoms with Gasteiger partial charge in [0.15, 0.2) is 0 Å². The largest absolute Gasteiger partial charge is 0.456 e. The summed E-state index contributed by atoms with van der Waals surface area (Å²) in [6, 6.07) is 4.86. The first-order chi connectivity index (χ1) is 13.2. The zero-order valence-electron chi connectivity index (χ0n) is 18.9. The summed E-state index contributed by atoms with van der Waals surface area (Å²) in [6.07, 6.45) is 1.32. The fourth-order valence-electron chi connectivity index (χ4n) is 2.27. The molecule has 0 aliphatic heterocycles. The van der Waals surface area contributed by atoms with Gasteiger partial charge in [-0.05, 0) is 32.8 Å². The third-order valence-electron chi connectivity index (χ3n) is 5.51. The molecule has 0 aliphatic rings. The first-order valence-corrected chi connectivity index (χ1v) is 10.2. The molecule has 0 bridgehead atoms. The Hall–Kier alpha value is -2.25. The normalized spacial score (nSPS) is 13.2. The molecule has 0 fully saturated rings. The summed E-state index contributed by atoms with van der Waals surface area (Å²) in [5, 5.41) is 5.59. The summed E-state index contributed by atoms with van der Waals surface area (Å²) in [5.41, 5.74) is 0.121. The predicted molar refractivity (Wildman–Crippen MR) is 117 cm³/mol. The zero-order valence-corrected chi connectivity index (χ0v) is 18.9. The molecule has 162 valence electrons. The molecule has 0 saturated heterocycles. The van der Waals surface area contributed by atoms with Crippen LogP contribution in [0.3, 0.4) is 0 Å². The molecule has 1 aromatic carbocycles.